The fourth-order valence-electron chi connectivity index (χ4n) is 4.06. The first-order valence-electron chi connectivity index (χ1n) is 10.7. The van der Waals surface area contributed by atoms with E-state index < -0.39 is 10.0 Å². The number of nitrogens with zero attached hydrogens (tertiary/aromatic N) is 3. The Bertz CT molecular complexity index is 1060. The van der Waals surface area contributed by atoms with Gasteiger partial charge in [-0.1, -0.05) is 13.8 Å². The number of piperidine rings is 1. The summed E-state index contributed by atoms with van der Waals surface area (Å²) in [5.41, 5.74) is 1.17. The van der Waals surface area contributed by atoms with Gasteiger partial charge in [0.2, 0.25) is 10.0 Å². The minimum Gasteiger partial charge on any atom is -0.495 e. The number of pyridine rings is 1. The lowest BCUT2D eigenvalue weighted by atomic mass is 9.94. The quantitative estimate of drug-likeness (QED) is 0.683. The van der Waals surface area contributed by atoms with Crippen molar-refractivity contribution >= 4 is 21.7 Å². The fraction of sp³-hybridized carbons (Fsp3) is 0.478. The van der Waals surface area contributed by atoms with Crippen LogP contribution in [-0.2, 0) is 16.6 Å². The third-order valence-electron chi connectivity index (χ3n) is 5.60. The average molecular weight is 461 g/mol. The van der Waals surface area contributed by atoms with E-state index >= 15 is 0 Å². The fourth-order valence-corrected chi connectivity index (χ4v) is 5.92. The summed E-state index contributed by atoms with van der Waals surface area (Å²) in [4.78, 5) is 19.0. The molecule has 0 saturated carbocycles. The molecule has 2 atom stereocenters. The number of aromatic nitrogens is 1. The molecule has 0 aliphatic carbocycles. The largest absolute Gasteiger partial charge is 0.495 e. The lowest BCUT2D eigenvalue weighted by Gasteiger charge is -2.34. The lowest BCUT2D eigenvalue weighted by molar-refractivity contribution is 0.0950. The minimum atomic E-state index is -3.79. The molecule has 1 aliphatic heterocycles. The third kappa shape index (κ3) is 5.39. The number of hydrogen-bond acceptors (Lipinski definition) is 6. The Morgan fingerprint density at radius 2 is 1.88 bits per heavy atom. The predicted octanol–water partition coefficient (Wildman–Crippen LogP) is 2.75. The minimum absolute atomic E-state index is 0.0211. The summed E-state index contributed by atoms with van der Waals surface area (Å²) in [6.45, 7) is 5.34. The Balaban J connectivity index is 1.82. The molecule has 1 fully saturated rings. The molecule has 1 amide bonds. The van der Waals surface area contributed by atoms with Crippen molar-refractivity contribution in [2.24, 2.45) is 11.8 Å². The monoisotopic (exact) mass is 460 g/mol. The van der Waals surface area contributed by atoms with Crippen LogP contribution in [0.25, 0.3) is 0 Å². The van der Waals surface area contributed by atoms with E-state index in [0.717, 1.165) is 17.8 Å². The highest BCUT2D eigenvalue weighted by Gasteiger charge is 2.34. The Hall–Kier alpha value is -2.65. The van der Waals surface area contributed by atoms with Crippen molar-refractivity contribution in [3.8, 4) is 5.75 Å². The first-order chi connectivity index (χ1) is 15.1. The van der Waals surface area contributed by atoms with E-state index in [1.54, 1.807) is 12.3 Å². The molecule has 1 aliphatic rings. The van der Waals surface area contributed by atoms with Gasteiger partial charge in [0.1, 0.15) is 16.5 Å². The molecular formula is C23H32N4O4S. The van der Waals surface area contributed by atoms with Gasteiger partial charge in [-0.25, -0.2) is 13.4 Å². The van der Waals surface area contributed by atoms with E-state index in [2.05, 4.69) is 24.1 Å². The lowest BCUT2D eigenvalue weighted by Crippen LogP contribution is -2.42. The van der Waals surface area contributed by atoms with Crippen LogP contribution in [0.15, 0.2) is 41.4 Å². The van der Waals surface area contributed by atoms with E-state index in [1.165, 1.54) is 23.5 Å². The van der Waals surface area contributed by atoms with Gasteiger partial charge in [0.25, 0.3) is 5.91 Å². The molecule has 174 valence electrons. The summed E-state index contributed by atoms with van der Waals surface area (Å²) >= 11 is 0. The highest BCUT2D eigenvalue weighted by atomic mass is 32.2. The Morgan fingerprint density at radius 3 is 2.50 bits per heavy atom. The van der Waals surface area contributed by atoms with Crippen LogP contribution in [0.1, 0.15) is 36.2 Å². The second-order valence-corrected chi connectivity index (χ2v) is 10.6. The van der Waals surface area contributed by atoms with Crippen LogP contribution in [0, 0.1) is 11.8 Å². The van der Waals surface area contributed by atoms with Crippen molar-refractivity contribution in [2.45, 2.75) is 31.7 Å². The molecule has 8 nitrogen and oxygen atoms in total. The smallest absolute Gasteiger partial charge is 0.251 e. The average Bonchev–Trinajstić information content (AvgIpc) is 2.76. The van der Waals surface area contributed by atoms with E-state index in [9.17, 15) is 13.2 Å². The molecule has 2 aromatic rings. The maximum absolute atomic E-state index is 13.4. The van der Waals surface area contributed by atoms with Crippen LogP contribution in [0.5, 0.6) is 5.75 Å². The molecule has 2 unspecified atom stereocenters. The van der Waals surface area contributed by atoms with Crippen LogP contribution < -0.4 is 15.0 Å². The van der Waals surface area contributed by atoms with E-state index in [0.29, 0.717) is 19.6 Å². The highest BCUT2D eigenvalue weighted by molar-refractivity contribution is 7.89. The summed E-state index contributed by atoms with van der Waals surface area (Å²) in [5.74, 6) is 1.22. The van der Waals surface area contributed by atoms with Crippen molar-refractivity contribution in [1.29, 1.82) is 0 Å². The summed E-state index contributed by atoms with van der Waals surface area (Å²) in [6.07, 6.45) is 2.69. The van der Waals surface area contributed by atoms with Gasteiger partial charge in [0.05, 0.1) is 7.11 Å². The Labute approximate surface area is 190 Å². The maximum Gasteiger partial charge on any atom is 0.251 e. The van der Waals surface area contributed by atoms with Gasteiger partial charge in [-0.15, -0.1) is 0 Å². The topological polar surface area (TPSA) is 91.8 Å². The molecule has 0 bridgehead atoms. The van der Waals surface area contributed by atoms with Crippen molar-refractivity contribution < 1.29 is 17.9 Å². The number of benzene rings is 1. The zero-order valence-electron chi connectivity index (χ0n) is 19.3. The van der Waals surface area contributed by atoms with Crippen LogP contribution in [0.4, 0.5) is 5.82 Å². The number of methoxy groups -OCH3 is 1. The van der Waals surface area contributed by atoms with E-state index in [4.69, 9.17) is 4.74 Å². The molecule has 32 heavy (non-hydrogen) atoms. The number of carbonyl (C=O) groups excluding carboxylic acids is 1. The number of carbonyl (C=O) groups is 1. The summed E-state index contributed by atoms with van der Waals surface area (Å²) < 4.78 is 33.7. The molecular weight excluding hydrogens is 428 g/mol. The molecule has 3 rings (SSSR count). The number of hydrogen-bond donors (Lipinski definition) is 1. The summed E-state index contributed by atoms with van der Waals surface area (Å²) in [5, 5.41) is 2.86. The second-order valence-electron chi connectivity index (χ2n) is 8.73. The zero-order chi connectivity index (χ0) is 23.5. The molecule has 1 saturated heterocycles. The number of ether oxygens (including phenoxy) is 1. The number of anilines is 1. The van der Waals surface area contributed by atoms with Crippen molar-refractivity contribution in [3.05, 3.63) is 47.7 Å². The molecule has 0 spiro atoms. The highest BCUT2D eigenvalue weighted by Crippen LogP contribution is 2.32. The normalized spacial score (nSPS) is 19.4. The molecule has 9 heteroatoms. The van der Waals surface area contributed by atoms with Gasteiger partial charge >= 0.3 is 0 Å². The van der Waals surface area contributed by atoms with Gasteiger partial charge in [-0.2, -0.15) is 4.31 Å². The molecule has 2 heterocycles. The molecule has 1 aromatic carbocycles. The third-order valence-corrected chi connectivity index (χ3v) is 7.45. The van der Waals surface area contributed by atoms with Gasteiger partial charge in [-0.3, -0.25) is 4.79 Å². The van der Waals surface area contributed by atoms with Crippen LogP contribution in [-0.4, -0.2) is 57.9 Å². The van der Waals surface area contributed by atoms with Crippen LogP contribution in [0.2, 0.25) is 0 Å². The zero-order valence-corrected chi connectivity index (χ0v) is 20.1. The van der Waals surface area contributed by atoms with Gasteiger partial charge in [0, 0.05) is 45.5 Å². The van der Waals surface area contributed by atoms with Crippen LogP contribution >= 0.6 is 0 Å². The first kappa shape index (κ1) is 24.0. The molecule has 0 radical (unpaired) electrons. The van der Waals surface area contributed by atoms with E-state index in [1.807, 2.05) is 31.1 Å². The van der Waals surface area contributed by atoms with Crippen LogP contribution in [0.3, 0.4) is 0 Å². The van der Waals surface area contributed by atoms with Crippen molar-refractivity contribution in [1.82, 2.24) is 14.6 Å². The Morgan fingerprint density at radius 1 is 1.19 bits per heavy atom. The van der Waals surface area contributed by atoms with Gasteiger partial charge in [0.15, 0.2) is 0 Å². The summed E-state index contributed by atoms with van der Waals surface area (Å²) in [6, 6.07) is 8.24. The predicted molar refractivity (Wildman–Crippen MR) is 124 cm³/mol. The number of amides is 1. The van der Waals surface area contributed by atoms with Gasteiger partial charge < -0.3 is 15.0 Å². The van der Waals surface area contributed by atoms with E-state index in [-0.39, 0.29) is 34.0 Å². The standard InChI is InChI=1S/C23H32N4O4S/c1-16-10-17(2)15-27(14-16)32(29,30)21-12-19(6-7-20(21)31-5)23(28)25-13-18-8-9-24-22(11-18)26(3)4/h6-9,11-12,16-17H,10,13-15H2,1-5H3,(H,25,28). The number of rotatable bonds is 7. The number of sulfonamides is 1. The SMILES string of the molecule is COc1ccc(C(=O)NCc2ccnc(N(C)C)c2)cc1S(=O)(=O)N1CC(C)CC(C)C1. The van der Waals surface area contributed by atoms with Crippen molar-refractivity contribution in [2.75, 3.05) is 39.2 Å². The number of nitrogens with one attached hydrogen (secondary N) is 1. The molecule has 1 aromatic heterocycles. The molecule has 1 N–H and O–H groups in total. The first-order valence-corrected chi connectivity index (χ1v) is 12.1. The van der Waals surface area contributed by atoms with Crippen molar-refractivity contribution in [3.63, 3.8) is 0 Å². The summed E-state index contributed by atoms with van der Waals surface area (Å²) in [7, 11) is 1.43. The second kappa shape index (κ2) is 9.87. The Kier molecular flexibility index (Phi) is 7.40. The van der Waals surface area contributed by atoms with Gasteiger partial charge in [-0.05, 0) is 54.2 Å². The maximum atomic E-state index is 13.4.